The number of aryl methyl sites for hydroxylation is 2. The van der Waals surface area contributed by atoms with Crippen molar-refractivity contribution >= 4 is 11.5 Å². The topological polar surface area (TPSA) is 64.3 Å². The summed E-state index contributed by atoms with van der Waals surface area (Å²) in [6.07, 6.45) is -2.76. The van der Waals surface area contributed by atoms with Crippen LogP contribution >= 0.6 is 0 Å². The van der Waals surface area contributed by atoms with Crippen LogP contribution in [0.1, 0.15) is 35.0 Å². The number of aromatic nitrogens is 4. The molecule has 0 spiro atoms. The van der Waals surface area contributed by atoms with Gasteiger partial charge in [-0.1, -0.05) is 48.5 Å². The van der Waals surface area contributed by atoms with Crippen LogP contribution in [0.4, 0.5) is 14.6 Å². The predicted octanol–water partition coefficient (Wildman–Crippen LogP) is 4.91. The molecule has 30 heavy (non-hydrogen) atoms. The van der Waals surface area contributed by atoms with Crippen molar-refractivity contribution in [2.75, 3.05) is 11.9 Å². The highest BCUT2D eigenvalue weighted by atomic mass is 19.3. The Morgan fingerprint density at radius 1 is 0.933 bits per heavy atom. The van der Waals surface area contributed by atoms with E-state index in [1.54, 1.807) is 12.1 Å². The molecule has 6 nitrogen and oxygen atoms in total. The van der Waals surface area contributed by atoms with Gasteiger partial charge in [0, 0.05) is 0 Å². The Morgan fingerprint density at radius 2 is 1.67 bits per heavy atom. The largest absolute Gasteiger partial charge is 0.491 e. The van der Waals surface area contributed by atoms with E-state index in [4.69, 9.17) is 4.74 Å². The molecule has 4 rings (SSSR count). The maximum Gasteiger partial charge on any atom is 0.299 e. The van der Waals surface area contributed by atoms with E-state index in [2.05, 4.69) is 20.6 Å². The third-order valence-electron chi connectivity index (χ3n) is 4.81. The second kappa shape index (κ2) is 8.44. The summed E-state index contributed by atoms with van der Waals surface area (Å²) in [6, 6.07) is 18.8. The number of hydrogen-bond donors (Lipinski definition) is 1. The molecule has 1 unspecified atom stereocenters. The number of alkyl halides is 2. The third kappa shape index (κ3) is 4.07. The number of para-hydroxylation sites is 1. The van der Waals surface area contributed by atoms with Crippen molar-refractivity contribution in [3.8, 4) is 5.75 Å². The van der Waals surface area contributed by atoms with Crippen LogP contribution in [0, 0.1) is 13.8 Å². The third-order valence-corrected chi connectivity index (χ3v) is 4.81. The van der Waals surface area contributed by atoms with E-state index in [1.807, 2.05) is 62.4 Å². The fourth-order valence-electron chi connectivity index (χ4n) is 3.30. The van der Waals surface area contributed by atoms with Crippen LogP contribution in [0.5, 0.6) is 5.75 Å². The van der Waals surface area contributed by atoms with Gasteiger partial charge in [0.15, 0.2) is 5.65 Å². The van der Waals surface area contributed by atoms with Gasteiger partial charge in [-0.15, -0.1) is 15.3 Å². The minimum absolute atomic E-state index is 0.248. The van der Waals surface area contributed by atoms with Crippen molar-refractivity contribution in [1.82, 2.24) is 19.8 Å². The van der Waals surface area contributed by atoms with Crippen LogP contribution in [0.2, 0.25) is 0 Å². The zero-order valence-corrected chi connectivity index (χ0v) is 16.6. The Bertz CT molecular complexity index is 1130. The summed E-state index contributed by atoms with van der Waals surface area (Å²) >= 11 is 0. The van der Waals surface area contributed by atoms with Crippen LogP contribution in [0.15, 0.2) is 60.7 Å². The minimum atomic E-state index is -2.76. The smallest absolute Gasteiger partial charge is 0.299 e. The summed E-state index contributed by atoms with van der Waals surface area (Å²) in [5.41, 5.74) is 3.35. The molecule has 4 aromatic rings. The van der Waals surface area contributed by atoms with E-state index < -0.39 is 12.2 Å². The number of fused-ring (bicyclic) bond motifs is 1. The molecular weight excluding hydrogens is 388 g/mol. The highest BCUT2D eigenvalue weighted by Crippen LogP contribution is 2.26. The average Bonchev–Trinajstić information content (AvgIpc) is 3.17. The summed E-state index contributed by atoms with van der Waals surface area (Å²) < 4.78 is 33.5. The standard InChI is InChI=1S/C22H21F2N5O/c1-14-7-6-8-15(2)20(14)30-13-17(16-9-4-3-5-10-16)25-18-11-12-19-26-27-22(21(23)24)29(19)28-18/h3-12,17,21H,13H2,1-2H3,(H,25,28). The monoisotopic (exact) mass is 409 g/mol. The van der Waals surface area contributed by atoms with E-state index in [9.17, 15) is 8.78 Å². The molecule has 0 aliphatic heterocycles. The summed E-state index contributed by atoms with van der Waals surface area (Å²) in [6.45, 7) is 4.33. The molecular formula is C22H21F2N5O. The molecule has 0 aliphatic carbocycles. The van der Waals surface area contributed by atoms with Crippen molar-refractivity contribution in [2.45, 2.75) is 26.3 Å². The summed E-state index contributed by atoms with van der Waals surface area (Å²) in [7, 11) is 0. The number of ether oxygens (including phenoxy) is 1. The zero-order chi connectivity index (χ0) is 21.1. The van der Waals surface area contributed by atoms with Gasteiger partial charge < -0.3 is 10.1 Å². The first kappa shape index (κ1) is 19.8. The van der Waals surface area contributed by atoms with E-state index >= 15 is 0 Å². The number of nitrogens with one attached hydrogen (secondary N) is 1. The van der Waals surface area contributed by atoms with Crippen molar-refractivity contribution in [3.05, 3.63) is 83.2 Å². The van der Waals surface area contributed by atoms with Crippen LogP contribution in [0.3, 0.4) is 0 Å². The molecule has 8 heteroatoms. The lowest BCUT2D eigenvalue weighted by Gasteiger charge is -2.22. The molecule has 2 heterocycles. The van der Waals surface area contributed by atoms with E-state index in [0.29, 0.717) is 12.4 Å². The molecule has 0 amide bonds. The number of nitrogens with zero attached hydrogens (tertiary/aromatic N) is 4. The fourth-order valence-corrected chi connectivity index (χ4v) is 3.30. The highest BCUT2D eigenvalue weighted by Gasteiger charge is 2.19. The van der Waals surface area contributed by atoms with E-state index in [-0.39, 0.29) is 11.7 Å². The summed E-state index contributed by atoms with van der Waals surface area (Å²) in [5.74, 6) is 0.766. The second-order valence-corrected chi connectivity index (χ2v) is 6.99. The zero-order valence-electron chi connectivity index (χ0n) is 16.6. The van der Waals surface area contributed by atoms with Crippen LogP contribution < -0.4 is 10.1 Å². The summed E-state index contributed by atoms with van der Waals surface area (Å²) in [4.78, 5) is 0. The first-order valence-corrected chi connectivity index (χ1v) is 9.54. The van der Waals surface area contributed by atoms with Crippen molar-refractivity contribution in [2.24, 2.45) is 0 Å². The van der Waals surface area contributed by atoms with Crippen LogP contribution in [-0.2, 0) is 0 Å². The molecule has 1 atom stereocenters. The van der Waals surface area contributed by atoms with Crippen LogP contribution in [0.25, 0.3) is 5.65 Å². The molecule has 0 aliphatic rings. The SMILES string of the molecule is Cc1cccc(C)c1OCC(Nc1ccc2nnc(C(F)F)n2n1)c1ccccc1. The fraction of sp³-hybridized carbons (Fsp3) is 0.227. The van der Waals surface area contributed by atoms with Crippen molar-refractivity contribution < 1.29 is 13.5 Å². The average molecular weight is 409 g/mol. The van der Waals surface area contributed by atoms with Gasteiger partial charge in [0.2, 0.25) is 5.82 Å². The second-order valence-electron chi connectivity index (χ2n) is 6.99. The normalized spacial score (nSPS) is 12.3. The molecule has 2 aromatic heterocycles. The molecule has 0 saturated heterocycles. The lowest BCUT2D eigenvalue weighted by atomic mass is 10.1. The minimum Gasteiger partial charge on any atom is -0.491 e. The van der Waals surface area contributed by atoms with Gasteiger partial charge in [-0.25, -0.2) is 8.78 Å². The molecule has 0 bridgehead atoms. The molecule has 2 aromatic carbocycles. The van der Waals surface area contributed by atoms with Gasteiger partial charge >= 0.3 is 0 Å². The summed E-state index contributed by atoms with van der Waals surface area (Å²) in [5, 5.41) is 14.8. The van der Waals surface area contributed by atoms with Gasteiger partial charge in [-0.3, -0.25) is 0 Å². The number of hydrogen-bond acceptors (Lipinski definition) is 5. The first-order valence-electron chi connectivity index (χ1n) is 9.54. The lowest BCUT2D eigenvalue weighted by Crippen LogP contribution is -2.20. The van der Waals surface area contributed by atoms with Crippen LogP contribution in [-0.4, -0.2) is 26.4 Å². The van der Waals surface area contributed by atoms with Crippen molar-refractivity contribution in [3.63, 3.8) is 0 Å². The molecule has 0 radical (unpaired) electrons. The highest BCUT2D eigenvalue weighted by molar-refractivity contribution is 5.46. The maximum absolute atomic E-state index is 13.2. The number of halogens is 2. The van der Waals surface area contributed by atoms with Crippen molar-refractivity contribution in [1.29, 1.82) is 0 Å². The maximum atomic E-state index is 13.2. The van der Waals surface area contributed by atoms with Gasteiger partial charge in [-0.2, -0.15) is 4.52 Å². The number of rotatable bonds is 7. The van der Waals surface area contributed by atoms with Gasteiger partial charge in [0.25, 0.3) is 6.43 Å². The molecule has 154 valence electrons. The Balaban J connectivity index is 1.62. The lowest BCUT2D eigenvalue weighted by molar-refractivity contribution is 0.137. The Kier molecular flexibility index (Phi) is 5.56. The molecule has 0 saturated carbocycles. The Hall–Kier alpha value is -3.55. The Labute approximate surface area is 172 Å². The predicted molar refractivity (Wildman–Crippen MR) is 110 cm³/mol. The number of benzene rings is 2. The molecule has 0 fully saturated rings. The van der Waals surface area contributed by atoms with Gasteiger partial charge in [0.1, 0.15) is 18.2 Å². The van der Waals surface area contributed by atoms with Gasteiger partial charge in [-0.05, 0) is 42.7 Å². The first-order chi connectivity index (χ1) is 14.5. The van der Waals surface area contributed by atoms with E-state index in [1.165, 1.54) is 0 Å². The number of anilines is 1. The quantitative estimate of drug-likeness (QED) is 0.470. The Morgan fingerprint density at radius 3 is 2.37 bits per heavy atom. The molecule has 1 N–H and O–H groups in total. The van der Waals surface area contributed by atoms with E-state index in [0.717, 1.165) is 27.0 Å². The van der Waals surface area contributed by atoms with Gasteiger partial charge in [0.05, 0.1) is 6.04 Å².